The molecule has 4 fully saturated rings. The van der Waals surface area contributed by atoms with Crippen LogP contribution in [0.5, 0.6) is 0 Å². The number of alkyl halides is 3. The summed E-state index contributed by atoms with van der Waals surface area (Å²) in [4.78, 5) is 26.5. The maximum atomic E-state index is 13.4. The molecule has 4 aliphatic rings. The molecular formula is C20H17F3N2O5. The number of amides is 1. The highest BCUT2D eigenvalue weighted by atomic mass is 19.4. The van der Waals surface area contributed by atoms with Crippen molar-refractivity contribution in [3.63, 3.8) is 0 Å². The van der Waals surface area contributed by atoms with Crippen LogP contribution in [-0.4, -0.2) is 41.0 Å². The van der Waals surface area contributed by atoms with Crippen molar-refractivity contribution in [2.24, 2.45) is 17.8 Å². The Hall–Kier alpha value is -2.64. The fourth-order valence-corrected chi connectivity index (χ4v) is 6.03. The number of hydrogen-bond acceptors (Lipinski definition) is 5. The number of carboxylic acids is 1. The fourth-order valence-electron chi connectivity index (χ4n) is 6.03. The molecule has 30 heavy (non-hydrogen) atoms. The molecule has 1 amide bonds. The second kappa shape index (κ2) is 5.74. The van der Waals surface area contributed by atoms with Crippen molar-refractivity contribution >= 4 is 17.6 Å². The van der Waals surface area contributed by atoms with E-state index in [-0.39, 0.29) is 18.7 Å². The topological polar surface area (TPSA) is 99.9 Å². The predicted molar refractivity (Wildman–Crippen MR) is 92.9 cm³/mol. The van der Waals surface area contributed by atoms with Crippen LogP contribution in [0, 0.1) is 29.1 Å². The maximum absolute atomic E-state index is 13.4. The lowest BCUT2D eigenvalue weighted by Crippen LogP contribution is -2.56. The van der Waals surface area contributed by atoms with E-state index in [1.807, 2.05) is 0 Å². The normalized spacial score (nSPS) is 39.2. The summed E-state index contributed by atoms with van der Waals surface area (Å²) in [7, 11) is 0. The van der Waals surface area contributed by atoms with Crippen LogP contribution in [0.15, 0.2) is 18.2 Å². The van der Waals surface area contributed by atoms with Gasteiger partial charge in [0.2, 0.25) is 5.91 Å². The number of anilines is 1. The molecule has 1 N–H and O–H groups in total. The standard InChI is InChI=1S/C20H17F3N2O5/c1-18-7-12(17(27)28)19(30-18)4-5-29-16-14(19)13(18)15(26)25(16)10-3-2-9(8-24)11(6-10)20(21,22)23/h2-3,6,12-14,16H,4-5,7H2,1H3,(H,27,28)/t12-,13-,14+,16+,18-,19+/m1/s1. The Bertz CT molecular complexity index is 1020. The molecule has 0 aromatic heterocycles. The van der Waals surface area contributed by atoms with Crippen molar-refractivity contribution < 1.29 is 37.3 Å². The Balaban J connectivity index is 1.62. The number of halogens is 3. The smallest absolute Gasteiger partial charge is 0.417 e. The molecule has 4 aliphatic heterocycles. The summed E-state index contributed by atoms with van der Waals surface area (Å²) in [6, 6.07) is 4.62. The van der Waals surface area contributed by atoms with Crippen LogP contribution in [0.25, 0.3) is 0 Å². The van der Waals surface area contributed by atoms with Gasteiger partial charge >= 0.3 is 12.1 Å². The molecule has 0 unspecified atom stereocenters. The molecule has 0 aliphatic carbocycles. The van der Waals surface area contributed by atoms with Crippen LogP contribution in [0.2, 0.25) is 0 Å². The van der Waals surface area contributed by atoms with Gasteiger partial charge in [0.25, 0.3) is 0 Å². The van der Waals surface area contributed by atoms with Crippen LogP contribution in [-0.2, 0) is 25.2 Å². The summed E-state index contributed by atoms with van der Waals surface area (Å²) in [5.74, 6) is -3.57. The zero-order chi connectivity index (χ0) is 21.6. The minimum atomic E-state index is -4.77. The number of carbonyl (C=O) groups is 2. The van der Waals surface area contributed by atoms with E-state index in [2.05, 4.69) is 0 Å². The van der Waals surface area contributed by atoms with Crippen molar-refractivity contribution in [3.05, 3.63) is 29.3 Å². The minimum Gasteiger partial charge on any atom is -0.481 e. The monoisotopic (exact) mass is 422 g/mol. The lowest BCUT2D eigenvalue weighted by molar-refractivity contribution is -0.169. The zero-order valence-electron chi connectivity index (χ0n) is 15.8. The molecule has 5 rings (SSSR count). The molecule has 2 bridgehead atoms. The number of aliphatic carboxylic acids is 1. The Labute approximate surface area is 169 Å². The van der Waals surface area contributed by atoms with E-state index in [0.29, 0.717) is 6.42 Å². The van der Waals surface area contributed by atoms with Gasteiger partial charge < -0.3 is 14.6 Å². The van der Waals surface area contributed by atoms with Gasteiger partial charge in [0.15, 0.2) is 0 Å². The van der Waals surface area contributed by atoms with Crippen molar-refractivity contribution in [3.8, 4) is 6.07 Å². The summed E-state index contributed by atoms with van der Waals surface area (Å²) >= 11 is 0. The number of benzene rings is 1. The number of rotatable bonds is 2. The number of fused-ring (bicyclic) bond motifs is 2. The highest BCUT2D eigenvalue weighted by Crippen LogP contribution is 2.67. The first-order chi connectivity index (χ1) is 14.0. The van der Waals surface area contributed by atoms with Crippen molar-refractivity contribution in [2.75, 3.05) is 11.5 Å². The van der Waals surface area contributed by atoms with E-state index in [9.17, 15) is 27.9 Å². The molecule has 0 saturated carbocycles. The van der Waals surface area contributed by atoms with Gasteiger partial charge in [0.1, 0.15) is 6.23 Å². The van der Waals surface area contributed by atoms with Crippen LogP contribution >= 0.6 is 0 Å². The van der Waals surface area contributed by atoms with Crippen LogP contribution in [0.4, 0.5) is 18.9 Å². The molecule has 4 heterocycles. The average molecular weight is 422 g/mol. The summed E-state index contributed by atoms with van der Waals surface area (Å²) < 4.78 is 52.3. The zero-order valence-corrected chi connectivity index (χ0v) is 15.8. The van der Waals surface area contributed by atoms with Crippen LogP contribution in [0.1, 0.15) is 30.9 Å². The van der Waals surface area contributed by atoms with E-state index in [1.165, 1.54) is 17.0 Å². The molecule has 10 heteroatoms. The molecule has 1 aromatic rings. The molecule has 0 radical (unpaired) electrons. The van der Waals surface area contributed by atoms with Crippen LogP contribution < -0.4 is 4.90 Å². The number of carboxylic acid groups (broad SMARTS) is 1. The first-order valence-electron chi connectivity index (χ1n) is 9.52. The highest BCUT2D eigenvalue weighted by Gasteiger charge is 2.79. The van der Waals surface area contributed by atoms with Crippen LogP contribution in [0.3, 0.4) is 0 Å². The summed E-state index contributed by atoms with van der Waals surface area (Å²) in [5, 5.41) is 18.8. The molecule has 1 aromatic carbocycles. The average Bonchev–Trinajstić information content (AvgIpc) is 3.24. The Morgan fingerprint density at radius 3 is 2.77 bits per heavy atom. The SMILES string of the molecule is C[C@@]12C[C@H](C(=O)O)[C@]3(CCO[C@H]4[C@@H]3[C@@H]1C(=O)N4c1ccc(C#N)c(C(F)(F)F)c1)O2. The summed E-state index contributed by atoms with van der Waals surface area (Å²) in [6.07, 6.45) is -5.22. The molecule has 6 atom stereocenters. The fraction of sp³-hybridized carbons (Fsp3) is 0.550. The maximum Gasteiger partial charge on any atom is 0.417 e. The van der Waals surface area contributed by atoms with Gasteiger partial charge in [0.05, 0.1) is 46.8 Å². The van der Waals surface area contributed by atoms with E-state index < -0.39 is 64.4 Å². The molecule has 158 valence electrons. The third-order valence-corrected chi connectivity index (χ3v) is 7.06. The lowest BCUT2D eigenvalue weighted by Gasteiger charge is -2.44. The number of nitrogens with zero attached hydrogens (tertiary/aromatic N) is 2. The first kappa shape index (κ1) is 19.3. The molecule has 4 saturated heterocycles. The molecular weight excluding hydrogens is 405 g/mol. The van der Waals surface area contributed by atoms with Crippen molar-refractivity contribution in [1.82, 2.24) is 0 Å². The number of nitriles is 1. The van der Waals surface area contributed by atoms with Gasteiger partial charge in [-0.25, -0.2) is 0 Å². The van der Waals surface area contributed by atoms with E-state index >= 15 is 0 Å². The third kappa shape index (κ3) is 2.22. The number of ether oxygens (including phenoxy) is 2. The van der Waals surface area contributed by atoms with Gasteiger partial charge in [0, 0.05) is 18.0 Å². The Morgan fingerprint density at radius 2 is 2.13 bits per heavy atom. The van der Waals surface area contributed by atoms with Gasteiger partial charge in [-0.2, -0.15) is 18.4 Å². The molecule has 7 nitrogen and oxygen atoms in total. The third-order valence-electron chi connectivity index (χ3n) is 7.06. The second-order valence-electron chi connectivity index (χ2n) is 8.53. The van der Waals surface area contributed by atoms with Gasteiger partial charge in [-0.3, -0.25) is 14.5 Å². The van der Waals surface area contributed by atoms with Crippen molar-refractivity contribution in [2.45, 2.75) is 43.4 Å². The Morgan fingerprint density at radius 1 is 1.40 bits per heavy atom. The second-order valence-corrected chi connectivity index (χ2v) is 8.53. The first-order valence-corrected chi connectivity index (χ1v) is 9.52. The van der Waals surface area contributed by atoms with Gasteiger partial charge in [-0.15, -0.1) is 0 Å². The summed E-state index contributed by atoms with van der Waals surface area (Å²) in [5.41, 5.74) is -3.81. The number of hydrogen-bond donors (Lipinski definition) is 1. The van der Waals surface area contributed by atoms with E-state index in [4.69, 9.17) is 14.7 Å². The predicted octanol–water partition coefficient (Wildman–Crippen LogP) is 2.53. The molecule has 1 spiro atoms. The Kier molecular flexibility index (Phi) is 3.70. The van der Waals surface area contributed by atoms with E-state index in [0.717, 1.165) is 12.1 Å². The number of carbonyl (C=O) groups excluding carboxylic acids is 1. The van der Waals surface area contributed by atoms with Gasteiger partial charge in [-0.05, 0) is 31.5 Å². The lowest BCUT2D eigenvalue weighted by atomic mass is 9.61. The van der Waals surface area contributed by atoms with Gasteiger partial charge in [-0.1, -0.05) is 0 Å². The van der Waals surface area contributed by atoms with Crippen molar-refractivity contribution in [1.29, 1.82) is 5.26 Å². The summed E-state index contributed by atoms with van der Waals surface area (Å²) in [6.45, 7) is 1.82. The van der Waals surface area contributed by atoms with E-state index in [1.54, 1.807) is 6.92 Å². The highest BCUT2D eigenvalue weighted by molar-refractivity contribution is 6.00. The quantitative estimate of drug-likeness (QED) is 0.786. The minimum absolute atomic E-state index is 0.0300. The largest absolute Gasteiger partial charge is 0.481 e.